The van der Waals surface area contributed by atoms with Crippen molar-refractivity contribution < 1.29 is 43.6 Å². The number of phenols is 2. The zero-order chi connectivity index (χ0) is 26.8. The first kappa shape index (κ1) is 28.4. The number of benzene rings is 2. The lowest BCUT2D eigenvalue weighted by atomic mass is 9.90. The maximum atomic E-state index is 13.4. The van der Waals surface area contributed by atoms with Crippen LogP contribution >= 0.6 is 0 Å². The van der Waals surface area contributed by atoms with Gasteiger partial charge in [-0.05, 0) is 37.0 Å². The van der Waals surface area contributed by atoms with Crippen LogP contribution < -0.4 is 9.47 Å². The van der Waals surface area contributed by atoms with Gasteiger partial charge in [-0.15, -0.1) is 0 Å². The minimum Gasteiger partial charge on any atom is -0.504 e. The molecule has 0 aliphatic carbocycles. The molecule has 36 heavy (non-hydrogen) atoms. The second-order valence-electron chi connectivity index (χ2n) is 8.15. The molecule has 0 aliphatic rings. The van der Waals surface area contributed by atoms with E-state index in [1.807, 2.05) is 0 Å². The Kier molecular flexibility index (Phi) is 10.5. The fourth-order valence-corrected chi connectivity index (χ4v) is 3.60. The molecule has 0 aromatic heterocycles. The van der Waals surface area contributed by atoms with E-state index in [1.54, 1.807) is 45.0 Å². The van der Waals surface area contributed by atoms with Crippen LogP contribution in [0.2, 0.25) is 0 Å². The van der Waals surface area contributed by atoms with Crippen molar-refractivity contribution >= 4 is 23.5 Å². The summed E-state index contributed by atoms with van der Waals surface area (Å²) in [5, 5.41) is 21.4. The van der Waals surface area contributed by atoms with E-state index < -0.39 is 57.4 Å². The molecule has 0 aliphatic heterocycles. The van der Waals surface area contributed by atoms with Crippen LogP contribution in [0.15, 0.2) is 24.3 Å². The summed E-state index contributed by atoms with van der Waals surface area (Å²) in [5.74, 6) is -5.21. The highest BCUT2D eigenvalue weighted by atomic mass is 16.5. The van der Waals surface area contributed by atoms with Crippen LogP contribution in [-0.2, 0) is 16.1 Å². The SMILES string of the molecule is CCCC(=O)Oc1c(O)c(O)c(C(=O)CCC)c(C(=O)OCc2cccc(OC)c2)c1C(=O)CCC. The fourth-order valence-electron chi connectivity index (χ4n) is 3.60. The maximum absolute atomic E-state index is 13.4. The molecule has 0 atom stereocenters. The van der Waals surface area contributed by atoms with E-state index >= 15 is 0 Å². The first-order valence-corrected chi connectivity index (χ1v) is 11.9. The highest BCUT2D eigenvalue weighted by molar-refractivity contribution is 6.17. The average Bonchev–Trinajstić information content (AvgIpc) is 2.85. The lowest BCUT2D eigenvalue weighted by Crippen LogP contribution is -2.20. The molecular weight excluding hydrogens is 468 g/mol. The Labute approximate surface area is 210 Å². The molecule has 0 bridgehead atoms. The van der Waals surface area contributed by atoms with Crippen molar-refractivity contribution in [3.8, 4) is 23.0 Å². The summed E-state index contributed by atoms with van der Waals surface area (Å²) in [4.78, 5) is 51.7. The number of phenolic OH excluding ortho intramolecular Hbond substituents is 2. The van der Waals surface area contributed by atoms with Crippen molar-refractivity contribution in [2.24, 2.45) is 0 Å². The summed E-state index contributed by atoms with van der Waals surface area (Å²) in [6.45, 7) is 4.95. The number of Topliss-reactive ketones (excluding diaryl/α,β-unsaturated/α-hetero) is 2. The highest BCUT2D eigenvalue weighted by Crippen LogP contribution is 2.46. The van der Waals surface area contributed by atoms with Crippen molar-refractivity contribution in [3.63, 3.8) is 0 Å². The summed E-state index contributed by atoms with van der Waals surface area (Å²) in [7, 11) is 1.49. The zero-order valence-electron chi connectivity index (χ0n) is 21.0. The third-order valence-electron chi connectivity index (χ3n) is 5.29. The molecule has 2 aromatic carbocycles. The highest BCUT2D eigenvalue weighted by Gasteiger charge is 2.36. The monoisotopic (exact) mass is 500 g/mol. The Morgan fingerprint density at radius 2 is 1.42 bits per heavy atom. The molecule has 2 aromatic rings. The third kappa shape index (κ3) is 6.62. The van der Waals surface area contributed by atoms with Crippen LogP contribution in [0.25, 0.3) is 0 Å². The van der Waals surface area contributed by atoms with Gasteiger partial charge in [0.25, 0.3) is 0 Å². The number of aromatic hydroxyl groups is 2. The van der Waals surface area contributed by atoms with E-state index in [0.29, 0.717) is 30.6 Å². The average molecular weight is 501 g/mol. The van der Waals surface area contributed by atoms with Gasteiger partial charge in [0.1, 0.15) is 12.4 Å². The van der Waals surface area contributed by atoms with Crippen molar-refractivity contribution in [2.75, 3.05) is 7.11 Å². The molecule has 0 amide bonds. The van der Waals surface area contributed by atoms with Gasteiger partial charge in [0.15, 0.2) is 23.1 Å². The molecule has 2 rings (SSSR count). The van der Waals surface area contributed by atoms with E-state index in [9.17, 15) is 29.4 Å². The van der Waals surface area contributed by atoms with Crippen molar-refractivity contribution in [1.82, 2.24) is 0 Å². The van der Waals surface area contributed by atoms with E-state index in [4.69, 9.17) is 14.2 Å². The smallest absolute Gasteiger partial charge is 0.340 e. The van der Waals surface area contributed by atoms with Gasteiger partial charge in [-0.2, -0.15) is 0 Å². The van der Waals surface area contributed by atoms with Gasteiger partial charge in [-0.3, -0.25) is 14.4 Å². The molecule has 9 nitrogen and oxygen atoms in total. The molecule has 0 unspecified atom stereocenters. The number of methoxy groups -OCH3 is 1. The second-order valence-corrected chi connectivity index (χ2v) is 8.15. The van der Waals surface area contributed by atoms with Gasteiger partial charge >= 0.3 is 11.9 Å². The summed E-state index contributed by atoms with van der Waals surface area (Å²) in [5.41, 5.74) is -0.973. The number of esters is 2. The van der Waals surface area contributed by atoms with Crippen LogP contribution in [0.3, 0.4) is 0 Å². The van der Waals surface area contributed by atoms with Gasteiger partial charge < -0.3 is 24.4 Å². The lowest BCUT2D eigenvalue weighted by molar-refractivity contribution is -0.134. The van der Waals surface area contributed by atoms with Gasteiger partial charge in [-0.25, -0.2) is 4.79 Å². The molecule has 0 saturated carbocycles. The number of hydrogen-bond donors (Lipinski definition) is 2. The van der Waals surface area contributed by atoms with Crippen LogP contribution in [-0.4, -0.2) is 40.8 Å². The van der Waals surface area contributed by atoms with Crippen LogP contribution in [0, 0.1) is 0 Å². The molecule has 0 spiro atoms. The predicted octanol–water partition coefficient (Wildman–Crippen LogP) is 5.13. The summed E-state index contributed by atoms with van der Waals surface area (Å²) in [6.07, 6.45) is 1.00. The number of hydrogen-bond acceptors (Lipinski definition) is 9. The predicted molar refractivity (Wildman–Crippen MR) is 131 cm³/mol. The van der Waals surface area contributed by atoms with Crippen LogP contribution in [0.4, 0.5) is 0 Å². The van der Waals surface area contributed by atoms with Gasteiger partial charge in [0.2, 0.25) is 5.75 Å². The molecule has 2 N–H and O–H groups in total. The summed E-state index contributed by atoms with van der Waals surface area (Å²) in [6, 6.07) is 6.75. The van der Waals surface area contributed by atoms with Crippen LogP contribution in [0.5, 0.6) is 23.0 Å². The summed E-state index contributed by atoms with van der Waals surface area (Å²) >= 11 is 0. The number of ketones is 2. The molecule has 194 valence electrons. The molecule has 9 heteroatoms. The zero-order valence-corrected chi connectivity index (χ0v) is 21.0. The van der Waals surface area contributed by atoms with Crippen LogP contribution in [0.1, 0.15) is 95.9 Å². The summed E-state index contributed by atoms with van der Waals surface area (Å²) < 4.78 is 15.8. The Hall–Kier alpha value is -3.88. The van der Waals surface area contributed by atoms with Gasteiger partial charge in [0.05, 0.1) is 23.8 Å². The van der Waals surface area contributed by atoms with E-state index in [1.165, 1.54) is 7.11 Å². The first-order valence-electron chi connectivity index (χ1n) is 11.9. The Morgan fingerprint density at radius 3 is 2.00 bits per heavy atom. The van der Waals surface area contributed by atoms with Gasteiger partial charge in [0, 0.05) is 19.3 Å². The molecular formula is C27H32O9. The van der Waals surface area contributed by atoms with Gasteiger partial charge in [-0.1, -0.05) is 32.9 Å². The topological polar surface area (TPSA) is 136 Å². The first-order chi connectivity index (χ1) is 17.2. The molecule has 0 heterocycles. The quantitative estimate of drug-likeness (QED) is 0.166. The number of carbonyl (C=O) groups is 4. The Bertz CT molecular complexity index is 1130. The fraction of sp³-hybridized carbons (Fsp3) is 0.407. The normalized spacial score (nSPS) is 10.6. The standard InChI is InChI=1S/C27H32O9/c1-5-9-18(28)21-23(27(33)35-15-16-12-8-13-17(14-16)34-4)22(19(29)10-6-2)26(25(32)24(21)31)36-20(30)11-7-3/h8,12-14,31-32H,5-7,9-11,15H2,1-4H3. The minimum atomic E-state index is -1.08. The molecule has 0 saturated heterocycles. The molecule has 0 fully saturated rings. The Balaban J connectivity index is 2.72. The lowest BCUT2D eigenvalue weighted by Gasteiger charge is -2.19. The van der Waals surface area contributed by atoms with E-state index in [0.717, 1.165) is 0 Å². The molecule has 0 radical (unpaired) electrons. The van der Waals surface area contributed by atoms with Crippen molar-refractivity contribution in [1.29, 1.82) is 0 Å². The third-order valence-corrected chi connectivity index (χ3v) is 5.29. The largest absolute Gasteiger partial charge is 0.504 e. The van der Waals surface area contributed by atoms with E-state index in [-0.39, 0.29) is 25.9 Å². The second kappa shape index (κ2) is 13.3. The number of carbonyl (C=O) groups excluding carboxylic acids is 4. The Morgan fingerprint density at radius 1 is 0.806 bits per heavy atom. The van der Waals surface area contributed by atoms with E-state index in [2.05, 4.69) is 0 Å². The van der Waals surface area contributed by atoms with Crippen molar-refractivity contribution in [3.05, 3.63) is 46.5 Å². The minimum absolute atomic E-state index is 0.0340. The number of rotatable bonds is 13. The maximum Gasteiger partial charge on any atom is 0.340 e. The number of ether oxygens (including phenoxy) is 3. The van der Waals surface area contributed by atoms with Crippen molar-refractivity contribution in [2.45, 2.75) is 65.9 Å².